The Kier molecular flexibility index (Phi) is 3.83. The molecule has 18 heavy (non-hydrogen) atoms. The number of benzene rings is 1. The first-order chi connectivity index (χ1) is 8.61. The molecule has 0 amide bonds. The molecule has 0 aliphatic carbocycles. The summed E-state index contributed by atoms with van der Waals surface area (Å²) < 4.78 is 13.3. The number of anilines is 1. The molecule has 2 unspecified atom stereocenters. The standard InChI is InChI=1S/C14H18FN3/c1-11-9-17(2)10-14(6-7-16)18(11)13-5-3-4-12(15)8-13/h3-5,8,11,14H,6,9-10H2,1-2H3. The Bertz CT molecular complexity index is 455. The van der Waals surface area contributed by atoms with Gasteiger partial charge in [0.15, 0.2) is 0 Å². The van der Waals surface area contributed by atoms with Crippen molar-refractivity contribution in [3.63, 3.8) is 0 Å². The average molecular weight is 247 g/mol. The molecule has 2 rings (SSSR count). The minimum Gasteiger partial charge on any atom is -0.362 e. The summed E-state index contributed by atoms with van der Waals surface area (Å²) in [6, 6.07) is 9.27. The van der Waals surface area contributed by atoms with E-state index in [4.69, 9.17) is 5.26 Å². The molecular weight excluding hydrogens is 229 g/mol. The van der Waals surface area contributed by atoms with Gasteiger partial charge in [-0.2, -0.15) is 5.26 Å². The Morgan fingerprint density at radius 2 is 2.22 bits per heavy atom. The molecule has 0 N–H and O–H groups in total. The fourth-order valence-electron chi connectivity index (χ4n) is 2.79. The highest BCUT2D eigenvalue weighted by molar-refractivity contribution is 5.49. The van der Waals surface area contributed by atoms with E-state index in [1.165, 1.54) is 6.07 Å². The highest BCUT2D eigenvalue weighted by Gasteiger charge is 2.30. The maximum absolute atomic E-state index is 13.3. The first-order valence-electron chi connectivity index (χ1n) is 6.21. The molecule has 96 valence electrons. The SMILES string of the molecule is CC1CN(C)CC(CC#N)N1c1cccc(F)c1. The van der Waals surface area contributed by atoms with Crippen molar-refractivity contribution in [2.24, 2.45) is 0 Å². The topological polar surface area (TPSA) is 30.3 Å². The third-order valence-electron chi connectivity index (χ3n) is 3.40. The number of nitrogens with zero attached hydrogens (tertiary/aromatic N) is 3. The maximum Gasteiger partial charge on any atom is 0.125 e. The van der Waals surface area contributed by atoms with Crippen LogP contribution < -0.4 is 4.90 Å². The van der Waals surface area contributed by atoms with Crippen molar-refractivity contribution >= 4 is 5.69 Å². The van der Waals surface area contributed by atoms with Crippen LogP contribution >= 0.6 is 0 Å². The van der Waals surface area contributed by atoms with Crippen LogP contribution in [-0.4, -0.2) is 37.1 Å². The molecule has 2 atom stereocenters. The molecule has 3 nitrogen and oxygen atoms in total. The van der Waals surface area contributed by atoms with Gasteiger partial charge in [-0.05, 0) is 32.2 Å². The van der Waals surface area contributed by atoms with E-state index in [2.05, 4.69) is 29.8 Å². The second kappa shape index (κ2) is 5.36. The molecular formula is C14H18FN3. The normalized spacial score (nSPS) is 24.9. The van der Waals surface area contributed by atoms with Gasteiger partial charge in [0.2, 0.25) is 0 Å². The summed E-state index contributed by atoms with van der Waals surface area (Å²) >= 11 is 0. The van der Waals surface area contributed by atoms with Gasteiger partial charge < -0.3 is 9.80 Å². The third-order valence-corrected chi connectivity index (χ3v) is 3.40. The third kappa shape index (κ3) is 2.62. The Morgan fingerprint density at radius 3 is 2.89 bits per heavy atom. The zero-order valence-corrected chi connectivity index (χ0v) is 10.8. The van der Waals surface area contributed by atoms with E-state index in [1.54, 1.807) is 12.1 Å². The van der Waals surface area contributed by atoms with Crippen LogP contribution in [0.2, 0.25) is 0 Å². The van der Waals surface area contributed by atoms with Gasteiger partial charge in [-0.15, -0.1) is 0 Å². The first kappa shape index (κ1) is 12.8. The number of piperazine rings is 1. The predicted octanol–water partition coefficient (Wildman–Crippen LogP) is 2.25. The van der Waals surface area contributed by atoms with E-state index in [9.17, 15) is 4.39 Å². The number of hydrogen-bond acceptors (Lipinski definition) is 3. The smallest absolute Gasteiger partial charge is 0.125 e. The quantitative estimate of drug-likeness (QED) is 0.803. The summed E-state index contributed by atoms with van der Waals surface area (Å²) in [5, 5.41) is 8.94. The van der Waals surface area contributed by atoms with E-state index >= 15 is 0 Å². The van der Waals surface area contributed by atoms with Crippen LogP contribution in [0.4, 0.5) is 10.1 Å². The number of nitriles is 1. The number of rotatable bonds is 2. The fraction of sp³-hybridized carbons (Fsp3) is 0.500. The van der Waals surface area contributed by atoms with E-state index in [1.807, 2.05) is 6.07 Å². The number of hydrogen-bond donors (Lipinski definition) is 0. The lowest BCUT2D eigenvalue weighted by Gasteiger charge is -2.45. The monoisotopic (exact) mass is 247 g/mol. The molecule has 1 aromatic rings. The van der Waals surface area contributed by atoms with Gasteiger partial charge in [-0.25, -0.2) is 4.39 Å². The lowest BCUT2D eigenvalue weighted by Crippen LogP contribution is -2.56. The minimum atomic E-state index is -0.227. The zero-order valence-electron chi connectivity index (χ0n) is 10.8. The predicted molar refractivity (Wildman–Crippen MR) is 69.9 cm³/mol. The molecule has 1 saturated heterocycles. The second-order valence-electron chi connectivity index (χ2n) is 4.97. The van der Waals surface area contributed by atoms with Gasteiger partial charge in [0.25, 0.3) is 0 Å². The Morgan fingerprint density at radius 1 is 1.44 bits per heavy atom. The molecule has 4 heteroatoms. The van der Waals surface area contributed by atoms with E-state index in [0.29, 0.717) is 6.42 Å². The van der Waals surface area contributed by atoms with Crippen LogP contribution in [0.3, 0.4) is 0 Å². The Hall–Kier alpha value is -1.60. The van der Waals surface area contributed by atoms with Crippen LogP contribution in [0.5, 0.6) is 0 Å². The lowest BCUT2D eigenvalue weighted by molar-refractivity contribution is 0.233. The Labute approximate surface area is 107 Å². The van der Waals surface area contributed by atoms with E-state index in [0.717, 1.165) is 18.8 Å². The lowest BCUT2D eigenvalue weighted by atomic mass is 10.0. The summed E-state index contributed by atoms with van der Waals surface area (Å²) in [6.07, 6.45) is 0.463. The van der Waals surface area contributed by atoms with Crippen molar-refractivity contribution in [2.75, 3.05) is 25.0 Å². The van der Waals surface area contributed by atoms with Gasteiger partial charge in [0, 0.05) is 24.8 Å². The Balaban J connectivity index is 2.29. The molecule has 0 spiro atoms. The molecule has 1 fully saturated rings. The summed E-state index contributed by atoms with van der Waals surface area (Å²) in [7, 11) is 2.06. The van der Waals surface area contributed by atoms with Gasteiger partial charge in [-0.1, -0.05) is 6.07 Å². The fourth-order valence-corrected chi connectivity index (χ4v) is 2.79. The second-order valence-corrected chi connectivity index (χ2v) is 4.97. The average Bonchev–Trinajstić information content (AvgIpc) is 2.28. The molecule has 1 aliphatic heterocycles. The van der Waals surface area contributed by atoms with E-state index < -0.39 is 0 Å². The van der Waals surface area contributed by atoms with Gasteiger partial charge in [-0.3, -0.25) is 0 Å². The minimum absolute atomic E-state index is 0.130. The van der Waals surface area contributed by atoms with Gasteiger partial charge in [0.1, 0.15) is 5.82 Å². The van der Waals surface area contributed by atoms with Crippen molar-refractivity contribution < 1.29 is 4.39 Å². The molecule has 0 aromatic heterocycles. The van der Waals surface area contributed by atoms with Crippen LogP contribution in [-0.2, 0) is 0 Å². The first-order valence-corrected chi connectivity index (χ1v) is 6.21. The molecule has 0 bridgehead atoms. The van der Waals surface area contributed by atoms with Crippen LogP contribution in [0.1, 0.15) is 13.3 Å². The maximum atomic E-state index is 13.3. The number of halogens is 1. The van der Waals surface area contributed by atoms with Crippen molar-refractivity contribution in [3.05, 3.63) is 30.1 Å². The molecule has 1 aliphatic rings. The van der Waals surface area contributed by atoms with Crippen molar-refractivity contribution in [1.82, 2.24) is 4.90 Å². The molecule has 1 heterocycles. The van der Waals surface area contributed by atoms with Crippen molar-refractivity contribution in [1.29, 1.82) is 5.26 Å². The summed E-state index contributed by atoms with van der Waals surface area (Å²) in [6.45, 7) is 3.89. The molecule has 0 saturated carbocycles. The summed E-state index contributed by atoms with van der Waals surface area (Å²) in [5.41, 5.74) is 0.871. The molecule has 0 radical (unpaired) electrons. The largest absolute Gasteiger partial charge is 0.362 e. The summed E-state index contributed by atoms with van der Waals surface area (Å²) in [4.78, 5) is 4.40. The van der Waals surface area contributed by atoms with Crippen molar-refractivity contribution in [2.45, 2.75) is 25.4 Å². The highest BCUT2D eigenvalue weighted by Crippen LogP contribution is 2.26. The van der Waals surface area contributed by atoms with Gasteiger partial charge in [0.05, 0.1) is 18.5 Å². The van der Waals surface area contributed by atoms with Crippen LogP contribution in [0, 0.1) is 17.1 Å². The number of likely N-dealkylation sites (N-methyl/N-ethyl adjacent to an activating group) is 1. The van der Waals surface area contributed by atoms with E-state index in [-0.39, 0.29) is 17.9 Å². The summed E-state index contributed by atoms with van der Waals surface area (Å²) in [5.74, 6) is -0.227. The molecule has 1 aromatic carbocycles. The van der Waals surface area contributed by atoms with Crippen LogP contribution in [0.25, 0.3) is 0 Å². The van der Waals surface area contributed by atoms with Crippen LogP contribution in [0.15, 0.2) is 24.3 Å². The highest BCUT2D eigenvalue weighted by atomic mass is 19.1. The van der Waals surface area contributed by atoms with Crippen molar-refractivity contribution in [3.8, 4) is 6.07 Å². The zero-order chi connectivity index (χ0) is 13.1. The van der Waals surface area contributed by atoms with Gasteiger partial charge >= 0.3 is 0 Å².